The second kappa shape index (κ2) is 12.7. The summed E-state index contributed by atoms with van der Waals surface area (Å²) in [5.41, 5.74) is 34.4. The van der Waals surface area contributed by atoms with Gasteiger partial charge in [-0.3, -0.25) is 0 Å². The number of anilines is 3. The van der Waals surface area contributed by atoms with Crippen molar-refractivity contribution in [1.82, 2.24) is 0 Å². The Kier molecular flexibility index (Phi) is 7.20. The van der Waals surface area contributed by atoms with E-state index in [9.17, 15) is 0 Å². The summed E-state index contributed by atoms with van der Waals surface area (Å²) in [6, 6.07) is 67.4. The number of rotatable bonds is 4. The van der Waals surface area contributed by atoms with Crippen LogP contribution in [0.2, 0.25) is 0 Å². The molecule has 0 heterocycles. The topological polar surface area (TPSA) is 3.24 Å². The Morgan fingerprint density at radius 3 is 1.42 bits per heavy atom. The van der Waals surface area contributed by atoms with Gasteiger partial charge in [-0.25, -0.2) is 0 Å². The zero-order chi connectivity index (χ0) is 42.6. The Labute approximate surface area is 376 Å². The van der Waals surface area contributed by atoms with Crippen LogP contribution in [-0.4, -0.2) is 0 Å². The molecule has 0 spiro atoms. The molecule has 0 atom stereocenters. The van der Waals surface area contributed by atoms with E-state index in [2.05, 4.69) is 209 Å². The Bertz CT molecular complexity index is 3420. The second-order valence-electron chi connectivity index (χ2n) is 20.0. The first-order chi connectivity index (χ1) is 31.2. The van der Waals surface area contributed by atoms with Gasteiger partial charge in [0.1, 0.15) is 0 Å². The predicted molar refractivity (Wildman–Crippen MR) is 266 cm³/mol. The molecule has 0 saturated carbocycles. The minimum absolute atomic E-state index is 0.103. The lowest BCUT2D eigenvalue weighted by Crippen LogP contribution is -2.18. The van der Waals surface area contributed by atoms with Crippen molar-refractivity contribution in [3.8, 4) is 66.8 Å². The first-order valence-electron chi connectivity index (χ1n) is 23.1. The van der Waals surface area contributed by atoms with Crippen molar-refractivity contribution in [2.75, 3.05) is 4.90 Å². The van der Waals surface area contributed by atoms with E-state index in [4.69, 9.17) is 0 Å². The standard InChI is InChI=1S/C63H47N/c1-62(2)55-19-11-9-17-48(55)50-29-26-43(35-57(50)62)64(44-27-30-51-49-18-10-12-20-56(49)63(3,4)58(51)36-44)42-24-21-37(22-25-42)52-34-41-31-40-23-28-47-45-15-7-5-13-38(45)32-53(47)59(40)60(41)61-46-16-8-6-14-39(46)33-54(52)61/h5-30,34-36H,31-33H2,1-4H3. The summed E-state index contributed by atoms with van der Waals surface area (Å²) < 4.78 is 0. The highest BCUT2D eigenvalue weighted by atomic mass is 15.1. The Morgan fingerprint density at radius 1 is 0.312 bits per heavy atom. The van der Waals surface area contributed by atoms with E-state index in [-0.39, 0.29) is 10.8 Å². The van der Waals surface area contributed by atoms with E-state index >= 15 is 0 Å². The third-order valence-corrected chi connectivity index (χ3v) is 16.0. The highest BCUT2D eigenvalue weighted by Crippen LogP contribution is 2.57. The number of hydrogen-bond acceptors (Lipinski definition) is 1. The second-order valence-corrected chi connectivity index (χ2v) is 20.0. The number of fused-ring (bicyclic) bond motifs is 17. The maximum absolute atomic E-state index is 2.56. The molecule has 0 fully saturated rings. The van der Waals surface area contributed by atoms with Gasteiger partial charge in [0.05, 0.1) is 0 Å². The Morgan fingerprint density at radius 2 is 0.797 bits per heavy atom. The van der Waals surface area contributed by atoms with E-state index in [1.165, 1.54) is 134 Å². The number of hydrogen-bond donors (Lipinski definition) is 0. The predicted octanol–water partition coefficient (Wildman–Crippen LogP) is 16.1. The molecular formula is C63H47N. The fraction of sp³-hybridized carbons (Fsp3) is 0.143. The lowest BCUT2D eigenvalue weighted by molar-refractivity contribution is 0.660. The molecule has 0 N–H and O–H groups in total. The van der Waals surface area contributed by atoms with E-state index in [0.717, 1.165) is 24.9 Å². The smallest absolute Gasteiger partial charge is 0.0465 e. The van der Waals surface area contributed by atoms with Crippen LogP contribution in [-0.2, 0) is 30.1 Å². The number of nitrogens with zero attached hydrogens (tertiary/aromatic N) is 1. The Balaban J connectivity index is 0.920. The van der Waals surface area contributed by atoms with Crippen molar-refractivity contribution in [1.29, 1.82) is 0 Å². The van der Waals surface area contributed by atoms with Gasteiger partial charge in [-0.2, -0.15) is 0 Å². The molecule has 0 radical (unpaired) electrons. The maximum atomic E-state index is 2.56. The molecule has 1 heteroatoms. The molecular weight excluding hydrogens is 771 g/mol. The highest BCUT2D eigenvalue weighted by molar-refractivity contribution is 6.02. The fourth-order valence-corrected chi connectivity index (χ4v) is 12.9. The summed E-state index contributed by atoms with van der Waals surface area (Å²) in [6.45, 7) is 9.53. The van der Waals surface area contributed by atoms with Crippen molar-refractivity contribution >= 4 is 17.1 Å². The molecule has 0 amide bonds. The minimum Gasteiger partial charge on any atom is -0.310 e. The molecule has 0 unspecified atom stereocenters. The molecule has 0 aliphatic heterocycles. The van der Waals surface area contributed by atoms with Gasteiger partial charge >= 0.3 is 0 Å². The normalized spacial score (nSPS) is 15.2. The fourth-order valence-electron chi connectivity index (χ4n) is 12.9. The average Bonchev–Trinajstić information content (AvgIpc) is 4.11. The number of benzene rings is 9. The molecule has 9 aromatic rings. The van der Waals surface area contributed by atoms with Crippen LogP contribution in [0.1, 0.15) is 83.3 Å². The van der Waals surface area contributed by atoms with Gasteiger partial charge in [0.25, 0.3) is 0 Å². The zero-order valence-electron chi connectivity index (χ0n) is 36.8. The van der Waals surface area contributed by atoms with Gasteiger partial charge < -0.3 is 4.90 Å². The third kappa shape index (κ3) is 4.79. The summed E-state index contributed by atoms with van der Waals surface area (Å²) in [5, 5.41) is 0. The molecule has 304 valence electrons. The minimum atomic E-state index is -0.103. The van der Waals surface area contributed by atoms with Crippen LogP contribution in [0.3, 0.4) is 0 Å². The summed E-state index contributed by atoms with van der Waals surface area (Å²) in [4.78, 5) is 2.50. The van der Waals surface area contributed by atoms with Gasteiger partial charge in [-0.1, -0.05) is 161 Å². The largest absolute Gasteiger partial charge is 0.310 e. The molecule has 0 saturated heterocycles. The monoisotopic (exact) mass is 817 g/mol. The molecule has 9 aromatic carbocycles. The van der Waals surface area contributed by atoms with Crippen LogP contribution in [0.15, 0.2) is 176 Å². The van der Waals surface area contributed by atoms with Crippen LogP contribution in [0.4, 0.5) is 17.1 Å². The van der Waals surface area contributed by atoms with Crippen molar-refractivity contribution in [3.63, 3.8) is 0 Å². The van der Waals surface area contributed by atoms with Crippen LogP contribution < -0.4 is 4.90 Å². The SMILES string of the molecule is CC1(C)c2ccccc2-c2ccc(N(c3ccc(-c4cc5c(c6c4Cc4ccccc4-6)-c4c(ccc6c4Cc4ccccc4-6)C5)cc3)c3ccc4c(c3)C(C)(C)c3ccccc3-4)cc21. The van der Waals surface area contributed by atoms with E-state index in [1.54, 1.807) is 0 Å². The van der Waals surface area contributed by atoms with Crippen molar-refractivity contribution in [2.45, 2.75) is 57.8 Å². The summed E-state index contributed by atoms with van der Waals surface area (Å²) >= 11 is 0. The van der Waals surface area contributed by atoms with E-state index in [1.807, 2.05) is 0 Å². The third-order valence-electron chi connectivity index (χ3n) is 16.0. The Hall–Kier alpha value is -7.22. The lowest BCUT2D eigenvalue weighted by Gasteiger charge is -2.30. The van der Waals surface area contributed by atoms with Gasteiger partial charge in [0.15, 0.2) is 0 Å². The van der Waals surface area contributed by atoms with Crippen LogP contribution >= 0.6 is 0 Å². The van der Waals surface area contributed by atoms with Gasteiger partial charge in [-0.15, -0.1) is 0 Å². The first kappa shape index (κ1) is 36.3. The van der Waals surface area contributed by atoms with E-state index in [0.29, 0.717) is 0 Å². The van der Waals surface area contributed by atoms with Crippen molar-refractivity contribution in [2.24, 2.45) is 0 Å². The average molecular weight is 818 g/mol. The molecule has 0 aromatic heterocycles. The molecule has 5 aliphatic carbocycles. The van der Waals surface area contributed by atoms with Crippen LogP contribution in [0.5, 0.6) is 0 Å². The van der Waals surface area contributed by atoms with Crippen molar-refractivity contribution < 1.29 is 0 Å². The lowest BCUT2D eigenvalue weighted by atomic mass is 9.82. The molecule has 14 rings (SSSR count). The van der Waals surface area contributed by atoms with Gasteiger partial charge in [0, 0.05) is 27.9 Å². The first-order valence-corrected chi connectivity index (χ1v) is 23.1. The molecule has 64 heavy (non-hydrogen) atoms. The van der Waals surface area contributed by atoms with E-state index < -0.39 is 0 Å². The quantitative estimate of drug-likeness (QED) is 0.171. The van der Waals surface area contributed by atoms with Gasteiger partial charge in [0.2, 0.25) is 0 Å². The maximum Gasteiger partial charge on any atom is 0.0465 e. The molecule has 0 bridgehead atoms. The highest BCUT2D eigenvalue weighted by Gasteiger charge is 2.39. The van der Waals surface area contributed by atoms with Crippen LogP contribution in [0.25, 0.3) is 66.8 Å². The molecule has 5 aliphatic rings. The van der Waals surface area contributed by atoms with Crippen LogP contribution in [0, 0.1) is 0 Å². The summed E-state index contributed by atoms with van der Waals surface area (Å²) in [5.74, 6) is 0. The summed E-state index contributed by atoms with van der Waals surface area (Å²) in [7, 11) is 0. The zero-order valence-corrected chi connectivity index (χ0v) is 36.8. The van der Waals surface area contributed by atoms with Crippen molar-refractivity contribution in [3.05, 3.63) is 232 Å². The summed E-state index contributed by atoms with van der Waals surface area (Å²) in [6.07, 6.45) is 2.93. The van der Waals surface area contributed by atoms with Gasteiger partial charge in [-0.05, 0) is 184 Å². The molecule has 1 nitrogen and oxygen atoms in total.